The van der Waals surface area contributed by atoms with Gasteiger partial charge in [0.2, 0.25) is 0 Å². The van der Waals surface area contributed by atoms with Crippen molar-refractivity contribution in [2.24, 2.45) is 5.92 Å². The molecule has 0 spiro atoms. The maximum absolute atomic E-state index is 12.1. The van der Waals surface area contributed by atoms with E-state index in [2.05, 4.69) is 24.8 Å². The van der Waals surface area contributed by atoms with Crippen LogP contribution in [0.1, 0.15) is 62.4 Å². The van der Waals surface area contributed by atoms with Crippen molar-refractivity contribution >= 4 is 11.7 Å². The van der Waals surface area contributed by atoms with Crippen LogP contribution < -0.4 is 4.90 Å². The van der Waals surface area contributed by atoms with Gasteiger partial charge in [-0.25, -0.2) is 4.79 Å². The Kier molecular flexibility index (Phi) is 8.00. The van der Waals surface area contributed by atoms with E-state index in [0.29, 0.717) is 6.61 Å². The van der Waals surface area contributed by atoms with Crippen LogP contribution in [0.25, 0.3) is 0 Å². The molecule has 0 aliphatic rings. The molecule has 0 aliphatic heterocycles. The smallest absolute Gasteiger partial charge is 0.338 e. The number of hydrogen-bond donors (Lipinski definition) is 0. The van der Waals surface area contributed by atoms with Crippen molar-refractivity contribution in [1.29, 1.82) is 0 Å². The zero-order valence-electron chi connectivity index (χ0n) is 14.8. The molecule has 1 aromatic rings. The average Bonchev–Trinajstić information content (AvgIpc) is 2.51. The van der Waals surface area contributed by atoms with Crippen molar-refractivity contribution in [3.63, 3.8) is 0 Å². The fraction of sp³-hybridized carbons (Fsp3) is 0.632. The van der Waals surface area contributed by atoms with Crippen LogP contribution in [-0.4, -0.2) is 26.7 Å². The Morgan fingerprint density at radius 2 is 1.86 bits per heavy atom. The molecule has 0 aromatic heterocycles. The van der Waals surface area contributed by atoms with E-state index in [1.165, 1.54) is 19.3 Å². The minimum absolute atomic E-state index is 0.203. The number of aryl methyl sites for hydroxylation is 1. The van der Waals surface area contributed by atoms with E-state index in [1.54, 1.807) is 0 Å². The average molecular weight is 305 g/mol. The molecule has 0 saturated heterocycles. The summed E-state index contributed by atoms with van der Waals surface area (Å²) < 4.78 is 5.19. The summed E-state index contributed by atoms with van der Waals surface area (Å²) in [5.74, 6) is 0.591. The van der Waals surface area contributed by atoms with Crippen LogP contribution in [0.3, 0.4) is 0 Å². The number of esters is 1. The third-order valence-corrected chi connectivity index (χ3v) is 4.31. The number of anilines is 1. The van der Waals surface area contributed by atoms with E-state index >= 15 is 0 Å². The quantitative estimate of drug-likeness (QED) is 0.620. The van der Waals surface area contributed by atoms with E-state index in [9.17, 15) is 4.79 Å². The van der Waals surface area contributed by atoms with Gasteiger partial charge in [0.05, 0.1) is 12.2 Å². The zero-order valence-corrected chi connectivity index (χ0v) is 14.8. The Bertz CT molecular complexity index is 465. The first-order valence-electron chi connectivity index (χ1n) is 8.50. The fourth-order valence-corrected chi connectivity index (χ4v) is 2.75. The standard InChI is InChI=1S/C19H31NO2/c1-6-15(7-2)10-9-11-16-14-17(20(4)5)12-13-18(16)19(21)22-8-3/h12-15H,6-11H2,1-5H3. The third-order valence-electron chi connectivity index (χ3n) is 4.31. The van der Waals surface area contributed by atoms with Gasteiger partial charge in [0.15, 0.2) is 0 Å². The fourth-order valence-electron chi connectivity index (χ4n) is 2.75. The highest BCUT2D eigenvalue weighted by Crippen LogP contribution is 2.23. The van der Waals surface area contributed by atoms with Gasteiger partial charge < -0.3 is 9.64 Å². The summed E-state index contributed by atoms with van der Waals surface area (Å²) in [6.07, 6.45) is 5.75. The first-order chi connectivity index (χ1) is 10.5. The monoisotopic (exact) mass is 305 g/mol. The Hall–Kier alpha value is -1.51. The van der Waals surface area contributed by atoms with Crippen LogP contribution in [0.15, 0.2) is 18.2 Å². The predicted octanol–water partition coefficient (Wildman–Crippen LogP) is 4.69. The molecule has 124 valence electrons. The summed E-state index contributed by atoms with van der Waals surface area (Å²) in [6, 6.07) is 6.01. The Labute approximate surface area is 135 Å². The minimum Gasteiger partial charge on any atom is -0.462 e. The topological polar surface area (TPSA) is 29.5 Å². The second kappa shape index (κ2) is 9.50. The van der Waals surface area contributed by atoms with E-state index in [1.807, 2.05) is 33.2 Å². The molecule has 0 aliphatic carbocycles. The van der Waals surface area contributed by atoms with Gasteiger partial charge in [0.25, 0.3) is 0 Å². The lowest BCUT2D eigenvalue weighted by molar-refractivity contribution is 0.0525. The molecular weight excluding hydrogens is 274 g/mol. The highest BCUT2D eigenvalue weighted by atomic mass is 16.5. The molecule has 0 fully saturated rings. The van der Waals surface area contributed by atoms with Gasteiger partial charge in [0, 0.05) is 19.8 Å². The number of rotatable bonds is 9. The highest BCUT2D eigenvalue weighted by molar-refractivity contribution is 5.91. The molecule has 3 nitrogen and oxygen atoms in total. The first kappa shape index (κ1) is 18.5. The summed E-state index contributed by atoms with van der Waals surface area (Å²) in [6.45, 7) is 6.77. The molecule has 0 bridgehead atoms. The molecule has 1 rings (SSSR count). The van der Waals surface area contributed by atoms with E-state index in [-0.39, 0.29) is 5.97 Å². The highest BCUT2D eigenvalue weighted by Gasteiger charge is 2.14. The van der Waals surface area contributed by atoms with Gasteiger partial charge in [-0.1, -0.05) is 33.1 Å². The van der Waals surface area contributed by atoms with Crippen LogP contribution in [-0.2, 0) is 11.2 Å². The number of hydrogen-bond acceptors (Lipinski definition) is 3. The van der Waals surface area contributed by atoms with E-state index in [4.69, 9.17) is 4.74 Å². The lowest BCUT2D eigenvalue weighted by Gasteiger charge is -2.17. The number of benzene rings is 1. The largest absolute Gasteiger partial charge is 0.462 e. The molecule has 0 N–H and O–H groups in total. The van der Waals surface area contributed by atoms with Crippen molar-refractivity contribution in [2.45, 2.75) is 52.9 Å². The van der Waals surface area contributed by atoms with Crippen LogP contribution >= 0.6 is 0 Å². The summed E-state index contributed by atoms with van der Waals surface area (Å²) in [4.78, 5) is 14.2. The molecule has 3 heteroatoms. The van der Waals surface area contributed by atoms with Crippen molar-refractivity contribution in [3.8, 4) is 0 Å². The van der Waals surface area contributed by atoms with Gasteiger partial charge in [-0.05, 0) is 49.4 Å². The number of ether oxygens (including phenoxy) is 1. The molecule has 0 saturated carbocycles. The molecule has 0 unspecified atom stereocenters. The van der Waals surface area contributed by atoms with Crippen molar-refractivity contribution in [2.75, 3.05) is 25.6 Å². The molecule has 0 amide bonds. The van der Waals surface area contributed by atoms with E-state index < -0.39 is 0 Å². The van der Waals surface area contributed by atoms with Gasteiger partial charge in [-0.2, -0.15) is 0 Å². The molecule has 0 heterocycles. The molecule has 0 atom stereocenters. The van der Waals surface area contributed by atoms with E-state index in [0.717, 1.165) is 35.6 Å². The first-order valence-corrected chi connectivity index (χ1v) is 8.50. The lowest BCUT2D eigenvalue weighted by Crippen LogP contribution is -2.12. The van der Waals surface area contributed by atoms with Gasteiger partial charge >= 0.3 is 5.97 Å². The number of nitrogens with zero attached hydrogens (tertiary/aromatic N) is 1. The van der Waals surface area contributed by atoms with Crippen molar-refractivity contribution in [1.82, 2.24) is 0 Å². The lowest BCUT2D eigenvalue weighted by atomic mass is 9.93. The molecule has 22 heavy (non-hydrogen) atoms. The maximum atomic E-state index is 12.1. The Balaban J connectivity index is 2.87. The van der Waals surface area contributed by atoms with Crippen molar-refractivity contribution in [3.05, 3.63) is 29.3 Å². The van der Waals surface area contributed by atoms with Crippen LogP contribution in [0, 0.1) is 5.92 Å². The molecule has 0 radical (unpaired) electrons. The van der Waals surface area contributed by atoms with Gasteiger partial charge in [-0.15, -0.1) is 0 Å². The molecule has 1 aromatic carbocycles. The van der Waals surface area contributed by atoms with Crippen LogP contribution in [0.5, 0.6) is 0 Å². The predicted molar refractivity (Wildman–Crippen MR) is 93.7 cm³/mol. The summed E-state index contributed by atoms with van der Waals surface area (Å²) >= 11 is 0. The van der Waals surface area contributed by atoms with Gasteiger partial charge in [0.1, 0.15) is 0 Å². The SMILES string of the molecule is CCOC(=O)c1ccc(N(C)C)cc1CCCC(CC)CC. The second-order valence-electron chi connectivity index (χ2n) is 6.03. The molecular formula is C19H31NO2. The second-order valence-corrected chi connectivity index (χ2v) is 6.03. The Morgan fingerprint density at radius 3 is 2.41 bits per heavy atom. The van der Waals surface area contributed by atoms with Crippen LogP contribution in [0.2, 0.25) is 0 Å². The van der Waals surface area contributed by atoms with Gasteiger partial charge in [-0.3, -0.25) is 0 Å². The summed E-state index contributed by atoms with van der Waals surface area (Å²) in [5, 5.41) is 0. The maximum Gasteiger partial charge on any atom is 0.338 e. The Morgan fingerprint density at radius 1 is 1.18 bits per heavy atom. The number of carbonyl (C=O) groups is 1. The van der Waals surface area contributed by atoms with Crippen LogP contribution in [0.4, 0.5) is 5.69 Å². The summed E-state index contributed by atoms with van der Waals surface area (Å²) in [5.41, 5.74) is 2.96. The zero-order chi connectivity index (χ0) is 16.5. The third kappa shape index (κ3) is 5.36. The minimum atomic E-state index is -0.203. The normalized spacial score (nSPS) is 10.8. The summed E-state index contributed by atoms with van der Waals surface area (Å²) in [7, 11) is 4.04. The van der Waals surface area contributed by atoms with Crippen molar-refractivity contribution < 1.29 is 9.53 Å². The number of carbonyl (C=O) groups excluding carboxylic acids is 1.